The van der Waals surface area contributed by atoms with Crippen molar-refractivity contribution in [2.75, 3.05) is 13.7 Å². The summed E-state index contributed by atoms with van der Waals surface area (Å²) in [4.78, 5) is 16.3. The van der Waals surface area contributed by atoms with Gasteiger partial charge >= 0.3 is 5.97 Å². The fourth-order valence-corrected chi connectivity index (χ4v) is 4.17. The topological polar surface area (TPSA) is 62.6 Å². The first-order valence-corrected chi connectivity index (χ1v) is 15.0. The standard InChI is InChI=1S/C26H34N2O4Si/c1-6-25(29)32-18-20-10-9-11-21(16-20)26-27-17-23(22-12-7-8-13-24(22)30-2)28(26)19-31-14-15-33(3,4)5/h7-13,16-17H,6,14-15,18-19H2,1-5H3. The minimum atomic E-state index is -1.19. The quantitative estimate of drug-likeness (QED) is 0.197. The van der Waals surface area contributed by atoms with Crippen LogP contribution >= 0.6 is 0 Å². The van der Waals surface area contributed by atoms with Gasteiger partial charge in [0.15, 0.2) is 0 Å². The molecule has 0 atom stereocenters. The van der Waals surface area contributed by atoms with Crippen LogP contribution in [-0.2, 0) is 27.6 Å². The molecule has 6 nitrogen and oxygen atoms in total. The lowest BCUT2D eigenvalue weighted by atomic mass is 10.1. The SMILES string of the molecule is CCC(=O)OCc1cccc(-c2ncc(-c3ccccc3OC)n2COCC[Si](C)(C)C)c1. The smallest absolute Gasteiger partial charge is 0.305 e. The van der Waals surface area contributed by atoms with Crippen LogP contribution in [0.1, 0.15) is 18.9 Å². The second kappa shape index (κ2) is 11.3. The van der Waals surface area contributed by atoms with Crippen molar-refractivity contribution in [1.82, 2.24) is 9.55 Å². The normalized spacial score (nSPS) is 11.4. The van der Waals surface area contributed by atoms with Gasteiger partial charge in [0.1, 0.15) is 24.9 Å². The molecule has 0 bridgehead atoms. The van der Waals surface area contributed by atoms with E-state index in [1.54, 1.807) is 14.0 Å². The lowest BCUT2D eigenvalue weighted by Gasteiger charge is -2.18. The number of benzene rings is 2. The summed E-state index contributed by atoms with van der Waals surface area (Å²) in [5, 5.41) is 0. The minimum absolute atomic E-state index is 0.212. The van der Waals surface area contributed by atoms with Crippen molar-refractivity contribution in [3.05, 3.63) is 60.3 Å². The molecule has 0 fully saturated rings. The van der Waals surface area contributed by atoms with E-state index in [1.165, 1.54) is 0 Å². The highest BCUT2D eigenvalue weighted by Gasteiger charge is 2.18. The summed E-state index contributed by atoms with van der Waals surface area (Å²) in [7, 11) is 0.483. The molecule has 0 unspecified atom stereocenters. The summed E-state index contributed by atoms with van der Waals surface area (Å²) < 4.78 is 19.1. The number of hydrogen-bond donors (Lipinski definition) is 0. The molecule has 1 heterocycles. The van der Waals surface area contributed by atoms with Crippen LogP contribution in [0.3, 0.4) is 0 Å². The highest BCUT2D eigenvalue weighted by molar-refractivity contribution is 6.76. The molecule has 0 saturated carbocycles. The summed E-state index contributed by atoms with van der Waals surface area (Å²) in [6, 6.07) is 16.9. The summed E-state index contributed by atoms with van der Waals surface area (Å²) in [5.74, 6) is 1.37. The van der Waals surface area contributed by atoms with E-state index in [9.17, 15) is 4.79 Å². The van der Waals surface area contributed by atoms with Gasteiger partial charge in [-0.25, -0.2) is 4.98 Å². The second-order valence-corrected chi connectivity index (χ2v) is 14.8. The third kappa shape index (κ3) is 6.79. The zero-order valence-corrected chi connectivity index (χ0v) is 21.3. The van der Waals surface area contributed by atoms with Crippen LogP contribution in [0.15, 0.2) is 54.7 Å². The Morgan fingerprint density at radius 1 is 1.09 bits per heavy atom. The average molecular weight is 467 g/mol. The number of ether oxygens (including phenoxy) is 3. The third-order valence-electron chi connectivity index (χ3n) is 5.33. The minimum Gasteiger partial charge on any atom is -0.496 e. The third-order valence-corrected chi connectivity index (χ3v) is 7.03. The zero-order valence-electron chi connectivity index (χ0n) is 20.3. The van der Waals surface area contributed by atoms with Gasteiger partial charge < -0.3 is 14.2 Å². The number of methoxy groups -OCH3 is 1. The van der Waals surface area contributed by atoms with Crippen LogP contribution in [0.25, 0.3) is 22.6 Å². The molecule has 0 radical (unpaired) electrons. The number of nitrogens with zero attached hydrogens (tertiary/aromatic N) is 2. The first-order chi connectivity index (χ1) is 15.8. The Kier molecular flexibility index (Phi) is 8.47. The fraction of sp³-hybridized carbons (Fsp3) is 0.385. The average Bonchev–Trinajstić information content (AvgIpc) is 3.23. The van der Waals surface area contributed by atoms with Crippen LogP contribution in [0.2, 0.25) is 25.7 Å². The number of aromatic nitrogens is 2. The van der Waals surface area contributed by atoms with Gasteiger partial charge in [-0.05, 0) is 29.8 Å². The maximum atomic E-state index is 11.6. The molecule has 3 aromatic rings. The highest BCUT2D eigenvalue weighted by atomic mass is 28.3. The zero-order chi connectivity index (χ0) is 23.8. The van der Waals surface area contributed by atoms with Gasteiger partial charge in [0, 0.05) is 32.2 Å². The van der Waals surface area contributed by atoms with Gasteiger partial charge in [-0.2, -0.15) is 0 Å². The first-order valence-electron chi connectivity index (χ1n) is 11.3. The van der Waals surface area contributed by atoms with Crippen LogP contribution in [0.5, 0.6) is 5.75 Å². The van der Waals surface area contributed by atoms with Crippen molar-refractivity contribution in [1.29, 1.82) is 0 Å². The second-order valence-electron chi connectivity index (χ2n) is 9.16. The van der Waals surface area contributed by atoms with Crippen molar-refractivity contribution in [2.24, 2.45) is 0 Å². The molecule has 0 aliphatic heterocycles. The Labute approximate surface area is 197 Å². The Morgan fingerprint density at radius 2 is 1.88 bits per heavy atom. The van der Waals surface area contributed by atoms with Gasteiger partial charge in [-0.15, -0.1) is 0 Å². The molecular weight excluding hydrogens is 432 g/mol. The van der Waals surface area contributed by atoms with Gasteiger partial charge in [0.25, 0.3) is 0 Å². The molecule has 0 spiro atoms. The van der Waals surface area contributed by atoms with E-state index >= 15 is 0 Å². The summed E-state index contributed by atoms with van der Waals surface area (Å²) >= 11 is 0. The van der Waals surface area contributed by atoms with E-state index in [4.69, 9.17) is 19.2 Å². The van der Waals surface area contributed by atoms with Crippen LogP contribution < -0.4 is 4.74 Å². The van der Waals surface area contributed by atoms with Crippen molar-refractivity contribution in [2.45, 2.75) is 52.4 Å². The molecule has 176 valence electrons. The molecule has 0 aliphatic carbocycles. The molecular formula is C26H34N2O4Si. The van der Waals surface area contributed by atoms with E-state index in [2.05, 4.69) is 24.2 Å². The molecule has 0 saturated heterocycles. The number of carbonyl (C=O) groups excluding carboxylic acids is 1. The predicted molar refractivity (Wildman–Crippen MR) is 134 cm³/mol. The Hall–Kier alpha value is -2.90. The highest BCUT2D eigenvalue weighted by Crippen LogP contribution is 2.33. The van der Waals surface area contributed by atoms with Crippen molar-refractivity contribution in [3.63, 3.8) is 0 Å². The van der Waals surface area contributed by atoms with E-state index in [1.807, 2.05) is 54.7 Å². The van der Waals surface area contributed by atoms with Gasteiger partial charge in [-0.3, -0.25) is 9.36 Å². The fourth-order valence-electron chi connectivity index (χ4n) is 3.41. The first kappa shape index (κ1) is 24.7. The van der Waals surface area contributed by atoms with Gasteiger partial charge in [-0.1, -0.05) is 56.9 Å². The van der Waals surface area contributed by atoms with Crippen LogP contribution in [0.4, 0.5) is 0 Å². The lowest BCUT2D eigenvalue weighted by molar-refractivity contribution is -0.144. The maximum absolute atomic E-state index is 11.6. The Balaban J connectivity index is 1.94. The Morgan fingerprint density at radius 3 is 2.61 bits per heavy atom. The predicted octanol–water partition coefficient (Wildman–Crippen LogP) is 5.99. The largest absolute Gasteiger partial charge is 0.496 e. The molecule has 1 aromatic heterocycles. The number of rotatable bonds is 11. The van der Waals surface area contributed by atoms with Crippen molar-refractivity contribution < 1.29 is 19.0 Å². The summed E-state index contributed by atoms with van der Waals surface area (Å²) in [6.07, 6.45) is 2.22. The van der Waals surface area contributed by atoms with Crippen molar-refractivity contribution >= 4 is 14.0 Å². The molecule has 2 aromatic carbocycles. The van der Waals surface area contributed by atoms with Crippen molar-refractivity contribution in [3.8, 4) is 28.4 Å². The van der Waals surface area contributed by atoms with E-state index < -0.39 is 8.07 Å². The molecule has 7 heteroatoms. The van der Waals surface area contributed by atoms with Gasteiger partial charge in [0.2, 0.25) is 0 Å². The van der Waals surface area contributed by atoms with Gasteiger partial charge in [0.05, 0.1) is 19.0 Å². The molecule has 3 rings (SSSR count). The number of esters is 1. The Bertz CT molecular complexity index is 1070. The lowest BCUT2D eigenvalue weighted by Crippen LogP contribution is -2.22. The molecule has 0 N–H and O–H groups in total. The maximum Gasteiger partial charge on any atom is 0.305 e. The number of carbonyl (C=O) groups is 1. The monoisotopic (exact) mass is 466 g/mol. The molecule has 33 heavy (non-hydrogen) atoms. The molecule has 0 amide bonds. The van der Waals surface area contributed by atoms with E-state index in [-0.39, 0.29) is 12.6 Å². The van der Waals surface area contributed by atoms with E-state index in [0.29, 0.717) is 19.8 Å². The number of para-hydroxylation sites is 1. The summed E-state index contributed by atoms with van der Waals surface area (Å²) in [5.41, 5.74) is 3.75. The number of imidazole rings is 1. The summed E-state index contributed by atoms with van der Waals surface area (Å²) in [6.45, 7) is 10.2. The van der Waals surface area contributed by atoms with Crippen LogP contribution in [0, 0.1) is 0 Å². The van der Waals surface area contributed by atoms with E-state index in [0.717, 1.165) is 40.0 Å². The number of hydrogen-bond acceptors (Lipinski definition) is 5. The molecule has 0 aliphatic rings. The van der Waals surface area contributed by atoms with Crippen LogP contribution in [-0.4, -0.2) is 37.3 Å².